The van der Waals surface area contributed by atoms with Crippen molar-refractivity contribution in [3.63, 3.8) is 0 Å². The van der Waals surface area contributed by atoms with Crippen LogP contribution in [0, 0.1) is 0 Å². The second kappa shape index (κ2) is 4.57. The lowest BCUT2D eigenvalue weighted by molar-refractivity contribution is -0.141. The van der Waals surface area contributed by atoms with Crippen LogP contribution in [0.3, 0.4) is 0 Å². The first-order valence-electron chi connectivity index (χ1n) is 6.24. The zero-order valence-corrected chi connectivity index (χ0v) is 10.7. The number of nitrogens with zero attached hydrogens (tertiary/aromatic N) is 1. The lowest BCUT2D eigenvalue weighted by Crippen LogP contribution is -2.53. The molecule has 1 saturated heterocycles. The first-order chi connectivity index (χ1) is 8.01. The summed E-state index contributed by atoms with van der Waals surface area (Å²) in [4.78, 5) is 11.5. The van der Waals surface area contributed by atoms with Gasteiger partial charge in [-0.3, -0.25) is 4.79 Å². The number of carboxylic acid groups (broad SMARTS) is 1. The maximum absolute atomic E-state index is 12.5. The summed E-state index contributed by atoms with van der Waals surface area (Å²) >= 11 is 0. The fourth-order valence-electron chi connectivity index (χ4n) is 2.88. The van der Waals surface area contributed by atoms with Crippen LogP contribution >= 0.6 is 0 Å². The Morgan fingerprint density at radius 1 is 1.00 bits per heavy atom. The summed E-state index contributed by atoms with van der Waals surface area (Å²) in [7, 11) is -3.69. The van der Waals surface area contributed by atoms with E-state index in [0.717, 1.165) is 19.3 Å². The maximum Gasteiger partial charge on any atom is 0.326 e. The van der Waals surface area contributed by atoms with Gasteiger partial charge in [0.05, 0.1) is 0 Å². The van der Waals surface area contributed by atoms with E-state index < -0.39 is 20.7 Å². The van der Waals surface area contributed by atoms with Gasteiger partial charge >= 0.3 is 5.97 Å². The Balaban J connectivity index is 2.35. The average Bonchev–Trinajstić information content (AvgIpc) is 2.83. The van der Waals surface area contributed by atoms with E-state index in [-0.39, 0.29) is 12.8 Å². The minimum Gasteiger partial charge on any atom is -0.480 e. The number of rotatable bonds is 3. The Kier molecular flexibility index (Phi) is 3.45. The molecule has 0 aromatic carbocycles. The third-order valence-corrected chi connectivity index (χ3v) is 6.57. The van der Waals surface area contributed by atoms with E-state index in [4.69, 9.17) is 0 Å². The summed E-state index contributed by atoms with van der Waals surface area (Å²) in [5, 5.41) is 9.38. The Bertz CT molecular complexity index is 392. The highest BCUT2D eigenvalue weighted by molar-refractivity contribution is 7.91. The van der Waals surface area contributed by atoms with Crippen molar-refractivity contribution in [1.82, 2.24) is 4.31 Å². The molecule has 2 aliphatic rings. The van der Waals surface area contributed by atoms with Crippen molar-refractivity contribution in [3.05, 3.63) is 0 Å². The maximum atomic E-state index is 12.5. The molecule has 0 unspecified atom stereocenters. The second-order valence-electron chi connectivity index (χ2n) is 4.97. The molecule has 0 atom stereocenters. The SMILES string of the molecule is O=C(O)C1(S(=O)(=O)N2CCCC2)CCCCC1. The molecule has 6 heteroatoms. The van der Waals surface area contributed by atoms with E-state index in [0.29, 0.717) is 25.9 Å². The summed E-state index contributed by atoms with van der Waals surface area (Å²) < 4.78 is 24.8. The minimum atomic E-state index is -3.69. The number of aliphatic carboxylic acids is 1. The van der Waals surface area contributed by atoms with Crippen molar-refractivity contribution in [3.8, 4) is 0 Å². The zero-order valence-electron chi connectivity index (χ0n) is 9.89. The van der Waals surface area contributed by atoms with Crippen LogP contribution in [0.25, 0.3) is 0 Å². The van der Waals surface area contributed by atoms with Crippen LogP contribution in [0.1, 0.15) is 44.9 Å². The third-order valence-electron chi connectivity index (χ3n) is 3.95. The van der Waals surface area contributed by atoms with Gasteiger partial charge in [-0.15, -0.1) is 0 Å². The molecule has 1 heterocycles. The van der Waals surface area contributed by atoms with Crippen LogP contribution < -0.4 is 0 Å². The fraction of sp³-hybridized carbons (Fsp3) is 0.909. The van der Waals surface area contributed by atoms with Crippen molar-refractivity contribution in [2.24, 2.45) is 0 Å². The summed E-state index contributed by atoms with van der Waals surface area (Å²) in [5.41, 5.74) is 0. The molecule has 2 rings (SSSR count). The zero-order chi connectivity index (χ0) is 12.5. The second-order valence-corrected chi connectivity index (χ2v) is 7.22. The van der Waals surface area contributed by atoms with Gasteiger partial charge in [0.25, 0.3) is 0 Å². The lowest BCUT2D eigenvalue weighted by Gasteiger charge is -2.35. The van der Waals surface area contributed by atoms with Gasteiger partial charge in [-0.05, 0) is 25.7 Å². The molecule has 0 bridgehead atoms. The molecule has 98 valence electrons. The molecule has 5 nitrogen and oxygen atoms in total. The van der Waals surface area contributed by atoms with Crippen molar-refractivity contribution in [1.29, 1.82) is 0 Å². The number of carboxylic acids is 1. The number of sulfonamides is 1. The minimum absolute atomic E-state index is 0.265. The molecule has 2 fully saturated rings. The number of hydrogen-bond acceptors (Lipinski definition) is 3. The standard InChI is InChI=1S/C11H19NO4S/c13-10(14)11(6-2-1-3-7-11)17(15,16)12-8-4-5-9-12/h1-9H2,(H,13,14). The quantitative estimate of drug-likeness (QED) is 0.828. The molecule has 1 aliphatic carbocycles. The van der Waals surface area contributed by atoms with Gasteiger partial charge in [-0.1, -0.05) is 19.3 Å². The molecule has 0 spiro atoms. The summed E-state index contributed by atoms with van der Waals surface area (Å²) in [6.45, 7) is 0.967. The average molecular weight is 261 g/mol. The van der Waals surface area contributed by atoms with E-state index in [9.17, 15) is 18.3 Å². The van der Waals surface area contributed by atoms with Crippen molar-refractivity contribution in [2.45, 2.75) is 49.7 Å². The van der Waals surface area contributed by atoms with Gasteiger partial charge in [-0.25, -0.2) is 12.7 Å². The molecule has 0 aromatic rings. The molecule has 1 N–H and O–H groups in total. The van der Waals surface area contributed by atoms with Gasteiger partial charge in [0, 0.05) is 13.1 Å². The van der Waals surface area contributed by atoms with E-state index in [1.807, 2.05) is 0 Å². The Labute approximate surface area is 102 Å². The summed E-state index contributed by atoms with van der Waals surface area (Å²) in [6.07, 6.45) is 4.54. The fourth-order valence-corrected chi connectivity index (χ4v) is 5.14. The highest BCUT2D eigenvalue weighted by atomic mass is 32.2. The van der Waals surface area contributed by atoms with Gasteiger partial charge in [0.1, 0.15) is 0 Å². The van der Waals surface area contributed by atoms with Crippen LogP contribution in [-0.4, -0.2) is 41.6 Å². The predicted octanol–water partition coefficient (Wildman–Crippen LogP) is 1.20. The summed E-state index contributed by atoms with van der Waals surface area (Å²) in [6, 6.07) is 0. The number of carbonyl (C=O) groups is 1. The molecule has 1 aliphatic heterocycles. The van der Waals surface area contributed by atoms with E-state index in [1.165, 1.54) is 4.31 Å². The Morgan fingerprint density at radius 3 is 2.00 bits per heavy atom. The Hall–Kier alpha value is -0.620. The van der Waals surface area contributed by atoms with Crippen LogP contribution in [0.15, 0.2) is 0 Å². The molecule has 0 amide bonds. The highest BCUT2D eigenvalue weighted by Crippen LogP contribution is 2.38. The molecule has 17 heavy (non-hydrogen) atoms. The third kappa shape index (κ3) is 1.97. The predicted molar refractivity (Wildman–Crippen MR) is 63.2 cm³/mol. The van der Waals surface area contributed by atoms with Crippen LogP contribution in [-0.2, 0) is 14.8 Å². The first-order valence-corrected chi connectivity index (χ1v) is 7.68. The highest BCUT2D eigenvalue weighted by Gasteiger charge is 2.54. The van der Waals surface area contributed by atoms with Crippen molar-refractivity contribution in [2.75, 3.05) is 13.1 Å². The van der Waals surface area contributed by atoms with Gasteiger partial charge in [-0.2, -0.15) is 0 Å². The molecule has 0 radical (unpaired) electrons. The Morgan fingerprint density at radius 2 is 1.53 bits per heavy atom. The number of hydrogen-bond donors (Lipinski definition) is 1. The van der Waals surface area contributed by atoms with Crippen molar-refractivity contribution < 1.29 is 18.3 Å². The molecule has 0 aromatic heterocycles. The van der Waals surface area contributed by atoms with Gasteiger partial charge in [0.15, 0.2) is 4.75 Å². The molecular weight excluding hydrogens is 242 g/mol. The van der Waals surface area contributed by atoms with Crippen LogP contribution in [0.4, 0.5) is 0 Å². The first kappa shape index (κ1) is 12.8. The van der Waals surface area contributed by atoms with Crippen LogP contribution in [0.5, 0.6) is 0 Å². The van der Waals surface area contributed by atoms with Crippen LogP contribution in [0.2, 0.25) is 0 Å². The van der Waals surface area contributed by atoms with Crippen molar-refractivity contribution >= 4 is 16.0 Å². The molecule has 1 saturated carbocycles. The van der Waals surface area contributed by atoms with Gasteiger partial charge in [0.2, 0.25) is 10.0 Å². The van der Waals surface area contributed by atoms with E-state index in [2.05, 4.69) is 0 Å². The normalized spacial score (nSPS) is 25.9. The summed E-state index contributed by atoms with van der Waals surface area (Å²) in [5.74, 6) is -1.16. The van der Waals surface area contributed by atoms with Gasteiger partial charge < -0.3 is 5.11 Å². The topological polar surface area (TPSA) is 74.7 Å². The monoisotopic (exact) mass is 261 g/mol. The molecular formula is C11H19NO4S. The van der Waals surface area contributed by atoms with E-state index in [1.54, 1.807) is 0 Å². The lowest BCUT2D eigenvalue weighted by atomic mass is 9.88. The largest absolute Gasteiger partial charge is 0.480 e. The smallest absolute Gasteiger partial charge is 0.326 e. The van der Waals surface area contributed by atoms with E-state index >= 15 is 0 Å².